The number of aliphatic imine (C=N–C) groups is 1. The first-order valence-electron chi connectivity index (χ1n) is 6.88. The van der Waals surface area contributed by atoms with E-state index < -0.39 is 9.84 Å². The summed E-state index contributed by atoms with van der Waals surface area (Å²) in [6, 6.07) is 13.9. The molecule has 2 aromatic carbocycles. The summed E-state index contributed by atoms with van der Waals surface area (Å²) >= 11 is 0. The van der Waals surface area contributed by atoms with E-state index in [1.165, 1.54) is 6.26 Å². The van der Waals surface area contributed by atoms with Gasteiger partial charge >= 0.3 is 0 Å². The summed E-state index contributed by atoms with van der Waals surface area (Å²) in [5.74, 6) is 0.990. The van der Waals surface area contributed by atoms with Gasteiger partial charge in [-0.15, -0.1) is 0 Å². The van der Waals surface area contributed by atoms with Gasteiger partial charge in [0.15, 0.2) is 15.8 Å². The lowest BCUT2D eigenvalue weighted by Crippen LogP contribution is -2.22. The summed E-state index contributed by atoms with van der Waals surface area (Å²) in [6.07, 6.45) is 1.18. The van der Waals surface area contributed by atoms with Crippen molar-refractivity contribution in [2.75, 3.05) is 18.7 Å². The second-order valence-electron chi connectivity index (χ2n) is 4.97. The van der Waals surface area contributed by atoms with Crippen molar-refractivity contribution in [2.24, 2.45) is 10.7 Å². The summed E-state index contributed by atoms with van der Waals surface area (Å²) in [4.78, 5) is 4.51. The Morgan fingerprint density at radius 2 is 1.91 bits per heavy atom. The molecule has 0 heterocycles. The standard InChI is InChI=1S/C16H19N3O3S/c1-22-14-5-3-4-13(10-14)19-16(17)18-11-12-6-8-15(9-7-12)23(2,20)21/h3-10H,11H2,1-2H3,(H3,17,18,19). The van der Waals surface area contributed by atoms with Crippen molar-refractivity contribution >= 4 is 21.5 Å². The summed E-state index contributed by atoms with van der Waals surface area (Å²) < 4.78 is 27.9. The average molecular weight is 333 g/mol. The van der Waals surface area contributed by atoms with E-state index >= 15 is 0 Å². The van der Waals surface area contributed by atoms with E-state index in [2.05, 4.69) is 10.3 Å². The van der Waals surface area contributed by atoms with Crippen molar-refractivity contribution in [1.82, 2.24) is 0 Å². The molecule has 3 N–H and O–H groups in total. The Kier molecular flexibility index (Phi) is 5.23. The largest absolute Gasteiger partial charge is 0.497 e. The maximum atomic E-state index is 11.4. The van der Waals surface area contributed by atoms with E-state index in [-0.39, 0.29) is 10.9 Å². The van der Waals surface area contributed by atoms with Crippen LogP contribution in [0.2, 0.25) is 0 Å². The lowest BCUT2D eigenvalue weighted by molar-refractivity contribution is 0.415. The van der Waals surface area contributed by atoms with Crippen LogP contribution in [0.4, 0.5) is 5.69 Å². The van der Waals surface area contributed by atoms with Crippen LogP contribution in [0.25, 0.3) is 0 Å². The number of ether oxygens (including phenoxy) is 1. The predicted molar refractivity (Wildman–Crippen MR) is 91.5 cm³/mol. The minimum absolute atomic E-state index is 0.269. The van der Waals surface area contributed by atoms with Crippen LogP contribution in [0.3, 0.4) is 0 Å². The summed E-state index contributed by atoms with van der Waals surface area (Å²) in [7, 11) is -1.59. The zero-order chi connectivity index (χ0) is 16.9. The highest BCUT2D eigenvalue weighted by atomic mass is 32.2. The molecule has 0 radical (unpaired) electrons. The van der Waals surface area contributed by atoms with E-state index in [0.717, 1.165) is 17.0 Å². The van der Waals surface area contributed by atoms with Crippen molar-refractivity contribution < 1.29 is 13.2 Å². The van der Waals surface area contributed by atoms with Crippen LogP contribution in [-0.4, -0.2) is 27.7 Å². The molecule has 0 saturated heterocycles. The summed E-state index contributed by atoms with van der Waals surface area (Å²) in [5, 5.41) is 2.97. The van der Waals surface area contributed by atoms with E-state index in [1.807, 2.05) is 24.3 Å². The molecule has 0 atom stereocenters. The van der Waals surface area contributed by atoms with Crippen molar-refractivity contribution in [2.45, 2.75) is 11.4 Å². The zero-order valence-corrected chi connectivity index (χ0v) is 13.8. The third kappa shape index (κ3) is 5.00. The number of guanidine groups is 1. The van der Waals surface area contributed by atoms with Crippen molar-refractivity contribution in [1.29, 1.82) is 0 Å². The molecule has 0 unspecified atom stereocenters. The first-order chi connectivity index (χ1) is 10.9. The Morgan fingerprint density at radius 1 is 1.22 bits per heavy atom. The minimum Gasteiger partial charge on any atom is -0.497 e. The van der Waals surface area contributed by atoms with E-state index in [4.69, 9.17) is 10.5 Å². The Labute approximate surface area is 135 Å². The molecule has 2 aromatic rings. The molecule has 0 fully saturated rings. The second-order valence-corrected chi connectivity index (χ2v) is 6.99. The molecule has 122 valence electrons. The van der Waals surface area contributed by atoms with Crippen molar-refractivity contribution in [3.05, 3.63) is 54.1 Å². The van der Waals surface area contributed by atoms with E-state index in [9.17, 15) is 8.42 Å². The van der Waals surface area contributed by atoms with E-state index in [0.29, 0.717) is 6.54 Å². The van der Waals surface area contributed by atoms with Crippen LogP contribution in [0.5, 0.6) is 5.75 Å². The maximum Gasteiger partial charge on any atom is 0.193 e. The fraction of sp³-hybridized carbons (Fsp3) is 0.188. The first-order valence-corrected chi connectivity index (χ1v) is 8.77. The minimum atomic E-state index is -3.18. The molecule has 0 spiro atoms. The van der Waals surface area contributed by atoms with Gasteiger partial charge in [0.25, 0.3) is 0 Å². The van der Waals surface area contributed by atoms with E-state index in [1.54, 1.807) is 31.4 Å². The second kappa shape index (κ2) is 7.15. The molecule has 0 bridgehead atoms. The maximum absolute atomic E-state index is 11.4. The van der Waals surface area contributed by atoms with Gasteiger partial charge in [0.1, 0.15) is 5.75 Å². The molecule has 2 rings (SSSR count). The molecule has 7 heteroatoms. The van der Waals surface area contributed by atoms with Crippen LogP contribution in [0.15, 0.2) is 58.4 Å². The SMILES string of the molecule is COc1cccc(NC(N)=NCc2ccc(S(C)(=O)=O)cc2)c1. The highest BCUT2D eigenvalue weighted by Crippen LogP contribution is 2.16. The monoisotopic (exact) mass is 333 g/mol. The number of hydrogen-bond donors (Lipinski definition) is 2. The number of hydrogen-bond acceptors (Lipinski definition) is 4. The number of rotatable bonds is 5. The fourth-order valence-corrected chi connectivity index (χ4v) is 2.54. The van der Waals surface area contributed by atoms with Crippen LogP contribution in [-0.2, 0) is 16.4 Å². The quantitative estimate of drug-likeness (QED) is 0.645. The summed E-state index contributed by atoms with van der Waals surface area (Å²) in [5.41, 5.74) is 7.49. The number of benzene rings is 2. The van der Waals surface area contributed by atoms with Gasteiger partial charge in [-0.25, -0.2) is 13.4 Å². The van der Waals surface area contributed by atoms with Crippen LogP contribution in [0, 0.1) is 0 Å². The van der Waals surface area contributed by atoms with Crippen LogP contribution >= 0.6 is 0 Å². The number of nitrogens with one attached hydrogen (secondary N) is 1. The number of nitrogens with two attached hydrogens (primary N) is 1. The van der Waals surface area contributed by atoms with Gasteiger partial charge in [-0.2, -0.15) is 0 Å². The Morgan fingerprint density at radius 3 is 2.52 bits per heavy atom. The van der Waals surface area contributed by atoms with Gasteiger partial charge in [0, 0.05) is 18.0 Å². The lowest BCUT2D eigenvalue weighted by atomic mass is 10.2. The Hall–Kier alpha value is -2.54. The molecule has 0 aromatic heterocycles. The highest BCUT2D eigenvalue weighted by Gasteiger charge is 2.05. The summed E-state index contributed by atoms with van der Waals surface area (Å²) in [6.45, 7) is 0.354. The molecule has 0 aliphatic rings. The predicted octanol–water partition coefficient (Wildman–Crippen LogP) is 2.03. The molecule has 0 amide bonds. The van der Waals surface area contributed by atoms with Gasteiger partial charge in [0.2, 0.25) is 0 Å². The number of sulfone groups is 1. The number of methoxy groups -OCH3 is 1. The van der Waals surface area contributed by atoms with Gasteiger partial charge in [-0.05, 0) is 29.8 Å². The molecule has 0 aliphatic heterocycles. The molecule has 6 nitrogen and oxygen atoms in total. The normalized spacial score (nSPS) is 12.0. The van der Waals surface area contributed by atoms with Gasteiger partial charge < -0.3 is 15.8 Å². The number of anilines is 1. The van der Waals surface area contributed by atoms with Crippen molar-refractivity contribution in [3.8, 4) is 5.75 Å². The molecular formula is C16H19N3O3S. The highest BCUT2D eigenvalue weighted by molar-refractivity contribution is 7.90. The Bertz CT molecular complexity index is 800. The van der Waals surface area contributed by atoms with Crippen LogP contribution < -0.4 is 15.8 Å². The number of nitrogens with zero attached hydrogens (tertiary/aromatic N) is 1. The molecule has 0 saturated carbocycles. The molecular weight excluding hydrogens is 314 g/mol. The van der Waals surface area contributed by atoms with Gasteiger partial charge in [-0.3, -0.25) is 0 Å². The average Bonchev–Trinajstić information content (AvgIpc) is 2.52. The fourth-order valence-electron chi connectivity index (χ4n) is 1.91. The lowest BCUT2D eigenvalue weighted by Gasteiger charge is -2.07. The third-order valence-corrected chi connectivity index (χ3v) is 4.25. The van der Waals surface area contributed by atoms with Gasteiger partial charge in [0.05, 0.1) is 18.6 Å². The third-order valence-electron chi connectivity index (χ3n) is 3.13. The zero-order valence-electron chi connectivity index (χ0n) is 13.0. The smallest absolute Gasteiger partial charge is 0.193 e. The Balaban J connectivity index is 2.01. The van der Waals surface area contributed by atoms with Crippen LogP contribution in [0.1, 0.15) is 5.56 Å². The first kappa shape index (κ1) is 16.8. The van der Waals surface area contributed by atoms with Crippen molar-refractivity contribution in [3.63, 3.8) is 0 Å². The molecule has 0 aliphatic carbocycles. The van der Waals surface area contributed by atoms with Gasteiger partial charge in [-0.1, -0.05) is 18.2 Å². The molecule has 23 heavy (non-hydrogen) atoms. The topological polar surface area (TPSA) is 93.8 Å².